The minimum Gasteiger partial charge on any atom is -0.243 e. The molecule has 0 fully saturated rings. The molecule has 34 valence electrons. The van der Waals surface area contributed by atoms with E-state index in [0.29, 0.717) is 0 Å². The summed E-state index contributed by atoms with van der Waals surface area (Å²) in [6.07, 6.45) is 0. The standard InChI is InChI=1S/C2H4N4.Zn/c1-2-3-5-6-4-2;/h1H3,(H,3,4,5,6);. The summed E-state index contributed by atoms with van der Waals surface area (Å²) < 4.78 is 0. The molecule has 0 spiro atoms. The van der Waals surface area contributed by atoms with E-state index < -0.39 is 0 Å². The molecule has 0 atom stereocenters. The number of nitrogens with one attached hydrogen (secondary N) is 1. The van der Waals surface area contributed by atoms with Crippen molar-refractivity contribution in [3.63, 3.8) is 0 Å². The summed E-state index contributed by atoms with van der Waals surface area (Å²) in [6.45, 7) is 1.79. The number of hydrogen-bond donors (Lipinski definition) is 1. The van der Waals surface area contributed by atoms with Crippen molar-refractivity contribution in [1.82, 2.24) is 20.6 Å². The van der Waals surface area contributed by atoms with Crippen molar-refractivity contribution in [2.75, 3.05) is 0 Å². The van der Waals surface area contributed by atoms with Crippen molar-refractivity contribution in [2.24, 2.45) is 0 Å². The summed E-state index contributed by atoms with van der Waals surface area (Å²) >= 11 is 0. The maximum atomic E-state index is 3.50. The van der Waals surface area contributed by atoms with Crippen LogP contribution in [0.5, 0.6) is 0 Å². The number of rotatable bonds is 0. The molecular formula is C2H4N4Zn. The van der Waals surface area contributed by atoms with Crippen LogP contribution in [0.15, 0.2) is 0 Å². The molecule has 5 heteroatoms. The molecular weight excluding hydrogens is 145 g/mol. The van der Waals surface area contributed by atoms with Gasteiger partial charge >= 0.3 is 0 Å². The summed E-state index contributed by atoms with van der Waals surface area (Å²) in [5, 5.41) is 12.6. The van der Waals surface area contributed by atoms with Gasteiger partial charge < -0.3 is 0 Å². The Balaban J connectivity index is 0.000000360. The van der Waals surface area contributed by atoms with E-state index in [1.165, 1.54) is 0 Å². The van der Waals surface area contributed by atoms with Crippen LogP contribution in [0, 0.1) is 6.92 Å². The van der Waals surface area contributed by atoms with E-state index in [0.717, 1.165) is 5.82 Å². The quantitative estimate of drug-likeness (QED) is 0.506. The first-order valence-corrected chi connectivity index (χ1v) is 1.60. The molecule has 0 aliphatic carbocycles. The van der Waals surface area contributed by atoms with Crippen LogP contribution in [0.25, 0.3) is 0 Å². The number of aromatic amines is 1. The second-order valence-electron chi connectivity index (χ2n) is 0.987. The van der Waals surface area contributed by atoms with Crippen molar-refractivity contribution in [1.29, 1.82) is 0 Å². The fraction of sp³-hybridized carbons (Fsp3) is 0.500. The molecule has 0 bridgehead atoms. The maximum Gasteiger partial charge on any atom is 0.145 e. The first-order valence-electron chi connectivity index (χ1n) is 1.60. The molecule has 1 aromatic heterocycles. The number of hydrogen-bond acceptors (Lipinski definition) is 3. The molecule has 4 nitrogen and oxygen atoms in total. The van der Waals surface area contributed by atoms with Crippen molar-refractivity contribution in [3.05, 3.63) is 5.82 Å². The van der Waals surface area contributed by atoms with Gasteiger partial charge in [-0.3, -0.25) is 0 Å². The van der Waals surface area contributed by atoms with Gasteiger partial charge in [0.1, 0.15) is 5.82 Å². The van der Waals surface area contributed by atoms with Gasteiger partial charge in [-0.1, -0.05) is 0 Å². The Bertz CT molecular complexity index is 113. The molecule has 7 heavy (non-hydrogen) atoms. The predicted octanol–water partition coefficient (Wildman–Crippen LogP) is -0.494. The predicted molar refractivity (Wildman–Crippen MR) is 18.9 cm³/mol. The number of aromatic nitrogens is 4. The van der Waals surface area contributed by atoms with Gasteiger partial charge in [-0.25, -0.2) is 5.10 Å². The third kappa shape index (κ3) is 1.73. The molecule has 0 saturated heterocycles. The molecule has 0 aromatic carbocycles. The minimum atomic E-state index is 0. The largest absolute Gasteiger partial charge is 0.243 e. The van der Waals surface area contributed by atoms with Crippen LogP contribution in [0.2, 0.25) is 0 Å². The zero-order valence-electron chi connectivity index (χ0n) is 4.05. The van der Waals surface area contributed by atoms with Gasteiger partial charge in [0.2, 0.25) is 0 Å². The van der Waals surface area contributed by atoms with E-state index in [9.17, 15) is 0 Å². The molecule has 0 unspecified atom stereocenters. The van der Waals surface area contributed by atoms with Crippen molar-refractivity contribution in [3.8, 4) is 0 Å². The first-order chi connectivity index (χ1) is 2.89. The smallest absolute Gasteiger partial charge is 0.145 e. The van der Waals surface area contributed by atoms with Crippen LogP contribution in [-0.2, 0) is 19.5 Å². The Morgan fingerprint density at radius 2 is 2.29 bits per heavy atom. The van der Waals surface area contributed by atoms with Gasteiger partial charge in [-0.15, -0.1) is 5.10 Å². The van der Waals surface area contributed by atoms with Crippen LogP contribution in [-0.4, -0.2) is 20.6 Å². The maximum absolute atomic E-state index is 3.50. The van der Waals surface area contributed by atoms with E-state index in [2.05, 4.69) is 20.6 Å². The number of tetrazole rings is 1. The molecule has 1 aromatic rings. The zero-order chi connectivity index (χ0) is 4.41. The fourth-order valence-electron chi connectivity index (χ4n) is 0.207. The minimum absolute atomic E-state index is 0. The Hall–Kier alpha value is -0.307. The van der Waals surface area contributed by atoms with Crippen molar-refractivity contribution in [2.45, 2.75) is 6.92 Å². The molecule has 1 heterocycles. The van der Waals surface area contributed by atoms with Gasteiger partial charge in [0.05, 0.1) is 0 Å². The number of aryl methyl sites for hydroxylation is 1. The van der Waals surface area contributed by atoms with Crippen LogP contribution in [0.4, 0.5) is 0 Å². The second kappa shape index (κ2) is 2.80. The summed E-state index contributed by atoms with van der Waals surface area (Å²) in [7, 11) is 0. The van der Waals surface area contributed by atoms with Crippen LogP contribution in [0.3, 0.4) is 0 Å². The van der Waals surface area contributed by atoms with E-state index in [1.807, 2.05) is 0 Å². The van der Waals surface area contributed by atoms with Gasteiger partial charge in [-0.05, 0) is 17.4 Å². The van der Waals surface area contributed by atoms with Gasteiger partial charge in [0.15, 0.2) is 0 Å². The van der Waals surface area contributed by atoms with E-state index in [-0.39, 0.29) is 19.5 Å². The average Bonchev–Trinajstić information content (AvgIpc) is 1.86. The number of nitrogens with zero attached hydrogens (tertiary/aromatic N) is 3. The Labute approximate surface area is 53.5 Å². The van der Waals surface area contributed by atoms with E-state index >= 15 is 0 Å². The fourth-order valence-corrected chi connectivity index (χ4v) is 0.207. The molecule has 1 rings (SSSR count). The molecule has 0 aliphatic rings. The van der Waals surface area contributed by atoms with E-state index in [4.69, 9.17) is 0 Å². The summed E-state index contributed by atoms with van der Waals surface area (Å²) in [5.41, 5.74) is 0. The summed E-state index contributed by atoms with van der Waals surface area (Å²) in [4.78, 5) is 0. The molecule has 0 radical (unpaired) electrons. The third-order valence-electron chi connectivity index (χ3n) is 0.451. The van der Waals surface area contributed by atoms with Crippen molar-refractivity contribution < 1.29 is 19.5 Å². The van der Waals surface area contributed by atoms with E-state index in [1.54, 1.807) is 6.92 Å². The molecule has 1 N–H and O–H groups in total. The van der Waals surface area contributed by atoms with Gasteiger partial charge in [-0.2, -0.15) is 0 Å². The van der Waals surface area contributed by atoms with Gasteiger partial charge in [0, 0.05) is 19.5 Å². The molecule has 0 saturated carbocycles. The Morgan fingerprint density at radius 3 is 2.43 bits per heavy atom. The normalized spacial score (nSPS) is 7.57. The van der Waals surface area contributed by atoms with Gasteiger partial charge in [0.25, 0.3) is 0 Å². The van der Waals surface area contributed by atoms with Crippen LogP contribution >= 0.6 is 0 Å². The SMILES string of the molecule is Cc1nnn[nH]1.[Zn]. The molecule has 0 amide bonds. The average molecular weight is 149 g/mol. The second-order valence-corrected chi connectivity index (χ2v) is 0.987. The van der Waals surface area contributed by atoms with Crippen LogP contribution < -0.4 is 0 Å². The van der Waals surface area contributed by atoms with Crippen molar-refractivity contribution >= 4 is 0 Å². The summed E-state index contributed by atoms with van der Waals surface area (Å²) in [5.74, 6) is 0.745. The first kappa shape index (κ1) is 6.69. The number of H-pyrrole nitrogens is 1. The topological polar surface area (TPSA) is 54.5 Å². The summed E-state index contributed by atoms with van der Waals surface area (Å²) in [6, 6.07) is 0. The zero-order valence-corrected chi connectivity index (χ0v) is 7.02. The Morgan fingerprint density at radius 1 is 1.57 bits per heavy atom. The third-order valence-corrected chi connectivity index (χ3v) is 0.451. The van der Waals surface area contributed by atoms with Crippen LogP contribution in [0.1, 0.15) is 5.82 Å². The Kier molecular flexibility index (Phi) is 2.68. The monoisotopic (exact) mass is 148 g/mol. The molecule has 0 aliphatic heterocycles.